The molecule has 1 aromatic carbocycles. The lowest BCUT2D eigenvalue weighted by Crippen LogP contribution is -1.95. The zero-order valence-corrected chi connectivity index (χ0v) is 9.68. The van der Waals surface area contributed by atoms with E-state index in [1.165, 1.54) is 23.9 Å². The first kappa shape index (κ1) is 11.9. The van der Waals surface area contributed by atoms with Gasteiger partial charge in [0.05, 0.1) is 0 Å². The van der Waals surface area contributed by atoms with Gasteiger partial charge in [0.25, 0.3) is 0 Å². The Kier molecular flexibility index (Phi) is 3.58. The third-order valence-corrected chi connectivity index (χ3v) is 3.25. The summed E-state index contributed by atoms with van der Waals surface area (Å²) < 4.78 is 25.7. The highest BCUT2D eigenvalue weighted by Gasteiger charge is 2.04. The van der Waals surface area contributed by atoms with Crippen molar-refractivity contribution in [2.45, 2.75) is 10.6 Å². The van der Waals surface area contributed by atoms with Crippen LogP contribution in [0.1, 0.15) is 5.56 Å². The third kappa shape index (κ3) is 2.94. The van der Waals surface area contributed by atoms with Gasteiger partial charge in [0, 0.05) is 22.4 Å². The van der Waals surface area contributed by atoms with Crippen molar-refractivity contribution in [3.63, 3.8) is 0 Å². The number of pyridine rings is 1. The van der Waals surface area contributed by atoms with Gasteiger partial charge in [-0.2, -0.15) is 0 Å². The van der Waals surface area contributed by atoms with E-state index in [1.807, 2.05) is 6.07 Å². The van der Waals surface area contributed by atoms with Crippen molar-refractivity contribution in [1.29, 1.82) is 0 Å². The lowest BCUT2D eigenvalue weighted by molar-refractivity contribution is 0.506. The van der Waals surface area contributed by atoms with Gasteiger partial charge >= 0.3 is 0 Å². The minimum absolute atomic E-state index is 0.461. The average molecular weight is 252 g/mol. The third-order valence-electron chi connectivity index (χ3n) is 2.21. The number of hydrogen-bond donors (Lipinski definition) is 1. The van der Waals surface area contributed by atoms with Gasteiger partial charge in [-0.1, -0.05) is 6.07 Å². The molecule has 5 heteroatoms. The summed E-state index contributed by atoms with van der Waals surface area (Å²) in [6.45, 7) is 0. The van der Waals surface area contributed by atoms with Crippen LogP contribution < -0.4 is 5.73 Å². The highest BCUT2D eigenvalue weighted by molar-refractivity contribution is 7.98. The first-order valence-corrected chi connectivity index (χ1v) is 5.92. The van der Waals surface area contributed by atoms with Crippen LogP contribution in [0.2, 0.25) is 0 Å². The van der Waals surface area contributed by atoms with Crippen molar-refractivity contribution >= 4 is 17.6 Å². The van der Waals surface area contributed by atoms with Gasteiger partial charge in [-0.15, -0.1) is 11.8 Å². The predicted octanol–water partition coefficient (Wildman–Crippen LogP) is 3.23. The molecule has 2 N–H and O–H groups in total. The minimum atomic E-state index is -0.839. The van der Waals surface area contributed by atoms with Crippen LogP contribution in [0.15, 0.2) is 41.4 Å². The molecule has 17 heavy (non-hydrogen) atoms. The number of halogens is 2. The van der Waals surface area contributed by atoms with E-state index in [0.29, 0.717) is 16.5 Å². The second-order valence-corrected chi connectivity index (χ2v) is 4.46. The Morgan fingerprint density at radius 1 is 1.18 bits per heavy atom. The smallest absolute Gasteiger partial charge is 0.159 e. The molecule has 0 spiro atoms. The maximum Gasteiger partial charge on any atom is 0.159 e. The molecule has 0 atom stereocenters. The zero-order chi connectivity index (χ0) is 12.3. The topological polar surface area (TPSA) is 38.9 Å². The first-order chi connectivity index (χ1) is 8.16. The highest BCUT2D eigenvalue weighted by atomic mass is 32.2. The number of nitrogens with two attached hydrogens (primary N) is 1. The Morgan fingerprint density at radius 2 is 2.00 bits per heavy atom. The van der Waals surface area contributed by atoms with Crippen LogP contribution in [0.25, 0.3) is 0 Å². The van der Waals surface area contributed by atoms with Crippen molar-refractivity contribution in [2.75, 3.05) is 5.73 Å². The predicted molar refractivity (Wildman–Crippen MR) is 64.6 cm³/mol. The SMILES string of the molecule is Nc1ncccc1CSc1ccc(F)c(F)c1. The van der Waals surface area contributed by atoms with Crippen LogP contribution in [0.4, 0.5) is 14.6 Å². The van der Waals surface area contributed by atoms with Gasteiger partial charge < -0.3 is 5.73 Å². The van der Waals surface area contributed by atoms with Crippen LogP contribution in [-0.2, 0) is 5.75 Å². The number of nitrogen functional groups attached to an aromatic ring is 1. The molecule has 0 aliphatic carbocycles. The van der Waals surface area contributed by atoms with Gasteiger partial charge in [0.15, 0.2) is 11.6 Å². The Bertz CT molecular complexity index is 532. The number of aromatic nitrogens is 1. The normalized spacial score (nSPS) is 10.5. The largest absolute Gasteiger partial charge is 0.383 e. The quantitative estimate of drug-likeness (QED) is 0.852. The first-order valence-electron chi connectivity index (χ1n) is 4.94. The molecule has 0 fully saturated rings. The van der Waals surface area contributed by atoms with Crippen molar-refractivity contribution in [3.8, 4) is 0 Å². The molecule has 0 bridgehead atoms. The summed E-state index contributed by atoms with van der Waals surface area (Å²) in [6, 6.07) is 7.47. The molecular weight excluding hydrogens is 242 g/mol. The number of anilines is 1. The fraction of sp³-hybridized carbons (Fsp3) is 0.0833. The number of benzene rings is 1. The van der Waals surface area contributed by atoms with Crippen LogP contribution in [0.5, 0.6) is 0 Å². The minimum Gasteiger partial charge on any atom is -0.383 e. The number of thioether (sulfide) groups is 1. The average Bonchev–Trinajstić information content (AvgIpc) is 2.32. The summed E-state index contributed by atoms with van der Waals surface area (Å²) in [5.74, 6) is -0.642. The van der Waals surface area contributed by atoms with E-state index in [0.717, 1.165) is 11.6 Å². The molecule has 2 aromatic rings. The molecule has 0 radical (unpaired) electrons. The number of hydrogen-bond acceptors (Lipinski definition) is 3. The van der Waals surface area contributed by atoms with Crippen LogP contribution in [-0.4, -0.2) is 4.98 Å². The molecule has 88 valence electrons. The lowest BCUT2D eigenvalue weighted by atomic mass is 10.3. The van der Waals surface area contributed by atoms with Crippen molar-refractivity contribution in [2.24, 2.45) is 0 Å². The zero-order valence-electron chi connectivity index (χ0n) is 8.86. The lowest BCUT2D eigenvalue weighted by Gasteiger charge is -2.04. The fourth-order valence-corrected chi connectivity index (χ4v) is 2.22. The van der Waals surface area contributed by atoms with Crippen molar-refractivity contribution in [1.82, 2.24) is 4.98 Å². The van der Waals surface area contributed by atoms with Gasteiger partial charge in [0.1, 0.15) is 5.82 Å². The molecule has 2 nitrogen and oxygen atoms in total. The summed E-state index contributed by atoms with van der Waals surface area (Å²) in [4.78, 5) is 4.61. The maximum absolute atomic E-state index is 13.0. The fourth-order valence-electron chi connectivity index (χ4n) is 1.30. The van der Waals surface area contributed by atoms with E-state index in [2.05, 4.69) is 4.98 Å². The van der Waals surface area contributed by atoms with E-state index >= 15 is 0 Å². The maximum atomic E-state index is 13.0. The molecule has 1 heterocycles. The van der Waals surface area contributed by atoms with E-state index in [-0.39, 0.29) is 0 Å². The van der Waals surface area contributed by atoms with Gasteiger partial charge in [-0.3, -0.25) is 0 Å². The molecule has 1 aromatic heterocycles. The summed E-state index contributed by atoms with van der Waals surface area (Å²) in [6.07, 6.45) is 1.61. The summed E-state index contributed by atoms with van der Waals surface area (Å²) in [7, 11) is 0. The van der Waals surface area contributed by atoms with Crippen LogP contribution in [0, 0.1) is 11.6 Å². The van der Waals surface area contributed by atoms with E-state index in [1.54, 1.807) is 12.3 Å². The van der Waals surface area contributed by atoms with Gasteiger partial charge in [-0.05, 0) is 24.3 Å². The van der Waals surface area contributed by atoms with Gasteiger partial charge in [-0.25, -0.2) is 13.8 Å². The Morgan fingerprint density at radius 3 is 2.71 bits per heavy atom. The van der Waals surface area contributed by atoms with E-state index < -0.39 is 11.6 Å². The van der Waals surface area contributed by atoms with Crippen molar-refractivity contribution in [3.05, 3.63) is 53.7 Å². The summed E-state index contributed by atoms with van der Waals surface area (Å²) in [5, 5.41) is 0. The monoisotopic (exact) mass is 252 g/mol. The molecule has 0 saturated carbocycles. The highest BCUT2D eigenvalue weighted by Crippen LogP contribution is 2.25. The molecule has 2 rings (SSSR count). The molecule has 0 saturated heterocycles. The Labute approximate surface area is 102 Å². The number of rotatable bonds is 3. The van der Waals surface area contributed by atoms with E-state index in [4.69, 9.17) is 5.73 Å². The second-order valence-electron chi connectivity index (χ2n) is 3.41. The van der Waals surface area contributed by atoms with Crippen LogP contribution in [0.3, 0.4) is 0 Å². The molecule has 0 aliphatic heterocycles. The second kappa shape index (κ2) is 5.14. The molecule has 0 amide bonds. The summed E-state index contributed by atoms with van der Waals surface area (Å²) >= 11 is 1.38. The molecule has 0 aliphatic rings. The Balaban J connectivity index is 2.08. The van der Waals surface area contributed by atoms with Crippen LogP contribution >= 0.6 is 11.8 Å². The molecule has 0 unspecified atom stereocenters. The van der Waals surface area contributed by atoms with Crippen molar-refractivity contribution < 1.29 is 8.78 Å². The Hall–Kier alpha value is -1.62. The van der Waals surface area contributed by atoms with E-state index in [9.17, 15) is 8.78 Å². The molecular formula is C12H10F2N2S. The standard InChI is InChI=1S/C12H10F2N2S/c13-10-4-3-9(6-11(10)14)17-7-8-2-1-5-16-12(8)15/h1-6H,7H2,(H2,15,16). The number of nitrogens with zero attached hydrogens (tertiary/aromatic N) is 1. The van der Waals surface area contributed by atoms with Gasteiger partial charge in [0.2, 0.25) is 0 Å². The summed E-state index contributed by atoms with van der Waals surface area (Å²) in [5.41, 5.74) is 6.56.